The molecule has 0 N–H and O–H groups in total. The van der Waals surface area contributed by atoms with Gasteiger partial charge < -0.3 is 9.64 Å². The normalized spacial score (nSPS) is 14.3. The fourth-order valence-electron chi connectivity index (χ4n) is 10.7. The Kier molecular flexibility index (Phi) is 7.20. The van der Waals surface area contributed by atoms with Gasteiger partial charge in [-0.2, -0.15) is 0 Å². The predicted molar refractivity (Wildman–Crippen MR) is 241 cm³/mol. The highest BCUT2D eigenvalue weighted by Crippen LogP contribution is 2.59. The van der Waals surface area contributed by atoms with Gasteiger partial charge in [0, 0.05) is 23.0 Å². The average molecular weight is 756 g/mol. The van der Waals surface area contributed by atoms with Crippen molar-refractivity contribution in [1.29, 1.82) is 0 Å². The molecule has 0 radical (unpaired) electrons. The van der Waals surface area contributed by atoms with Crippen LogP contribution in [0.4, 0.5) is 17.1 Å². The molecule has 0 saturated carbocycles. The standard InChI is InChI=1S/C55H37NOSi/c1-4-19-38(20-5-1)55(39-21-6-2-7-22-39)45-28-13-10-27-44(45)54-46(55)29-18-30-47(54)56(40-23-8-3-9-24-40)41-35-36-53-49(37-41)57-48-31-14-17-34-52(48)58(53)50-32-15-11-25-42(50)43-26-12-16-33-51(43)58/h1-37H. The van der Waals surface area contributed by atoms with Crippen LogP contribution < -0.4 is 30.4 Å². The Balaban J connectivity index is 1.13. The summed E-state index contributed by atoms with van der Waals surface area (Å²) in [6.45, 7) is 0. The van der Waals surface area contributed by atoms with E-state index in [2.05, 4.69) is 229 Å². The minimum atomic E-state index is -2.72. The maximum absolute atomic E-state index is 7.06. The van der Waals surface area contributed by atoms with Gasteiger partial charge in [-0.05, 0) is 90.0 Å². The predicted octanol–water partition coefficient (Wildman–Crippen LogP) is 11.0. The lowest BCUT2D eigenvalue weighted by atomic mass is 9.68. The van der Waals surface area contributed by atoms with Crippen LogP contribution in [0.25, 0.3) is 22.3 Å². The summed E-state index contributed by atoms with van der Waals surface area (Å²) in [6.07, 6.45) is 0. The molecule has 3 aliphatic rings. The van der Waals surface area contributed by atoms with Crippen molar-refractivity contribution in [3.05, 3.63) is 247 Å². The zero-order valence-corrected chi connectivity index (χ0v) is 32.7. The highest BCUT2D eigenvalue weighted by Gasteiger charge is 2.53. The zero-order valence-electron chi connectivity index (χ0n) is 31.7. The quantitative estimate of drug-likeness (QED) is 0.162. The van der Waals surface area contributed by atoms with Crippen molar-refractivity contribution in [3.63, 3.8) is 0 Å². The third kappa shape index (κ3) is 4.37. The monoisotopic (exact) mass is 755 g/mol. The van der Waals surface area contributed by atoms with Gasteiger partial charge in [-0.1, -0.05) is 188 Å². The average Bonchev–Trinajstić information content (AvgIpc) is 3.77. The highest BCUT2D eigenvalue weighted by molar-refractivity contribution is 7.23. The number of fused-ring (bicyclic) bond motifs is 12. The van der Waals surface area contributed by atoms with E-state index in [0.717, 1.165) is 28.6 Å². The Hall–Kier alpha value is -7.20. The van der Waals surface area contributed by atoms with Crippen LogP contribution in [0.15, 0.2) is 224 Å². The van der Waals surface area contributed by atoms with E-state index in [9.17, 15) is 0 Å². The first-order valence-electron chi connectivity index (χ1n) is 20.1. The number of anilines is 3. The molecule has 0 saturated heterocycles. The number of hydrogen-bond acceptors (Lipinski definition) is 2. The molecule has 0 unspecified atom stereocenters. The molecule has 272 valence electrons. The van der Waals surface area contributed by atoms with Crippen molar-refractivity contribution in [2.75, 3.05) is 4.90 Å². The first-order chi connectivity index (χ1) is 28.8. The molecule has 2 heterocycles. The van der Waals surface area contributed by atoms with Gasteiger partial charge in [0.2, 0.25) is 0 Å². The smallest absolute Gasteiger partial charge is 0.189 e. The molecule has 0 fully saturated rings. The second-order valence-corrected chi connectivity index (χ2v) is 19.2. The molecule has 0 bridgehead atoms. The minimum Gasteiger partial charge on any atom is -0.457 e. The summed E-state index contributed by atoms with van der Waals surface area (Å²) >= 11 is 0. The Morgan fingerprint density at radius 1 is 0.362 bits per heavy atom. The van der Waals surface area contributed by atoms with Crippen LogP contribution in [0, 0.1) is 0 Å². The SMILES string of the molecule is c1ccc(N(c2ccc3c(c2)Oc2ccccc2[Si]32c3ccccc3-c3ccccc32)c2cccc3c2-c2ccccc2C3(c2ccccc2)c2ccccc2)cc1. The summed E-state index contributed by atoms with van der Waals surface area (Å²) in [5, 5.41) is 5.45. The van der Waals surface area contributed by atoms with Gasteiger partial charge in [0.25, 0.3) is 0 Å². The number of benzene rings is 9. The maximum Gasteiger partial charge on any atom is 0.189 e. The Morgan fingerprint density at radius 3 is 1.55 bits per heavy atom. The second-order valence-electron chi connectivity index (χ2n) is 15.5. The van der Waals surface area contributed by atoms with Crippen LogP contribution in [0.3, 0.4) is 0 Å². The molecule has 2 nitrogen and oxygen atoms in total. The lowest BCUT2D eigenvalue weighted by Crippen LogP contribution is -2.74. The van der Waals surface area contributed by atoms with E-state index >= 15 is 0 Å². The highest BCUT2D eigenvalue weighted by atomic mass is 28.3. The molecule has 1 spiro atoms. The molecular formula is C55H37NOSi. The molecule has 58 heavy (non-hydrogen) atoms. The van der Waals surface area contributed by atoms with Gasteiger partial charge in [-0.25, -0.2) is 0 Å². The van der Waals surface area contributed by atoms with Crippen molar-refractivity contribution >= 4 is 45.9 Å². The molecule has 1 aliphatic carbocycles. The number of nitrogens with zero attached hydrogens (tertiary/aromatic N) is 1. The fourth-order valence-corrected chi connectivity index (χ4v) is 16.0. The first kappa shape index (κ1) is 33.0. The largest absolute Gasteiger partial charge is 0.457 e. The van der Waals surface area contributed by atoms with Gasteiger partial charge in [0.1, 0.15) is 11.5 Å². The van der Waals surface area contributed by atoms with Crippen LogP contribution in [-0.2, 0) is 5.41 Å². The Labute approximate surface area is 339 Å². The van der Waals surface area contributed by atoms with Crippen LogP contribution in [0.5, 0.6) is 11.5 Å². The van der Waals surface area contributed by atoms with Crippen LogP contribution in [0.2, 0.25) is 0 Å². The molecule has 9 aromatic carbocycles. The molecule has 3 heteroatoms. The van der Waals surface area contributed by atoms with E-state index in [0.29, 0.717) is 0 Å². The van der Waals surface area contributed by atoms with Gasteiger partial charge in [-0.15, -0.1) is 0 Å². The Bertz CT molecular complexity index is 2960. The zero-order chi connectivity index (χ0) is 38.3. The van der Waals surface area contributed by atoms with Crippen molar-refractivity contribution in [2.45, 2.75) is 5.41 Å². The van der Waals surface area contributed by atoms with Crippen LogP contribution in [-0.4, -0.2) is 8.07 Å². The molecule has 0 atom stereocenters. The Morgan fingerprint density at radius 2 is 0.879 bits per heavy atom. The van der Waals surface area contributed by atoms with Crippen molar-refractivity contribution < 1.29 is 4.74 Å². The maximum atomic E-state index is 7.06. The van der Waals surface area contributed by atoms with E-state index in [-0.39, 0.29) is 0 Å². The van der Waals surface area contributed by atoms with Gasteiger partial charge in [0.15, 0.2) is 8.07 Å². The van der Waals surface area contributed by atoms with Crippen LogP contribution in [0.1, 0.15) is 22.3 Å². The van der Waals surface area contributed by atoms with Crippen molar-refractivity contribution in [1.82, 2.24) is 0 Å². The van der Waals surface area contributed by atoms with Crippen LogP contribution >= 0.6 is 0 Å². The van der Waals surface area contributed by atoms with Crippen molar-refractivity contribution in [3.8, 4) is 33.8 Å². The second kappa shape index (κ2) is 12.7. The summed E-state index contributed by atoms with van der Waals surface area (Å²) in [5.41, 5.74) is 13.0. The molecule has 9 aromatic rings. The summed E-state index contributed by atoms with van der Waals surface area (Å²) in [5.74, 6) is 1.87. The molecule has 2 aliphatic heterocycles. The topological polar surface area (TPSA) is 12.5 Å². The van der Waals surface area contributed by atoms with Gasteiger partial charge in [-0.3, -0.25) is 0 Å². The first-order valence-corrected chi connectivity index (χ1v) is 22.1. The fraction of sp³-hybridized carbons (Fsp3) is 0.0182. The summed E-state index contributed by atoms with van der Waals surface area (Å²) in [7, 11) is -2.72. The summed E-state index contributed by atoms with van der Waals surface area (Å²) in [6, 6.07) is 82.7. The molecule has 0 amide bonds. The van der Waals surface area contributed by atoms with E-state index < -0.39 is 13.5 Å². The number of rotatable bonds is 5. The number of para-hydroxylation sites is 2. The van der Waals surface area contributed by atoms with Crippen molar-refractivity contribution in [2.24, 2.45) is 0 Å². The van der Waals surface area contributed by atoms with E-state index in [1.54, 1.807) is 0 Å². The van der Waals surface area contributed by atoms with Gasteiger partial charge >= 0.3 is 0 Å². The number of ether oxygens (including phenoxy) is 1. The molecule has 0 aromatic heterocycles. The van der Waals surface area contributed by atoms with E-state index in [1.165, 1.54) is 65.3 Å². The van der Waals surface area contributed by atoms with E-state index in [1.807, 2.05) is 0 Å². The third-order valence-electron chi connectivity index (χ3n) is 12.8. The molecule has 12 rings (SSSR count). The molecular weight excluding hydrogens is 719 g/mol. The summed E-state index contributed by atoms with van der Waals surface area (Å²) < 4.78 is 7.06. The lowest BCUT2D eigenvalue weighted by Gasteiger charge is -2.38. The minimum absolute atomic E-state index is 0.503. The van der Waals surface area contributed by atoms with E-state index in [4.69, 9.17) is 4.74 Å². The van der Waals surface area contributed by atoms with Gasteiger partial charge in [0.05, 0.1) is 11.1 Å². The lowest BCUT2D eigenvalue weighted by molar-refractivity contribution is 0.487. The number of hydrogen-bond donors (Lipinski definition) is 0. The third-order valence-corrected chi connectivity index (χ3v) is 17.7. The summed E-state index contributed by atoms with van der Waals surface area (Å²) in [4.78, 5) is 2.44.